The highest BCUT2D eigenvalue weighted by atomic mass is 16.6. The second kappa shape index (κ2) is 11.1. The number of fused-ring (bicyclic) bond motifs is 1. The average molecular weight is 557 g/mol. The Hall–Kier alpha value is -4.54. The molecular formula is C30H36N8O3. The van der Waals surface area contributed by atoms with E-state index in [1.54, 1.807) is 30.4 Å². The number of amides is 2. The quantitative estimate of drug-likeness (QED) is 0.335. The standard InChI is InChI=1S/C30H36N8O3/c1-19(2)23-18-33-38-14-10-20(15-25(23)38)24-9-12-31-28(34-24)35-26-8-7-22(17-32-26)37-13-11-21(16-27(37)39)36(6)29(40)41-30(3,4)5/h7-10,12,14-15,17-19,21H,11,13,16H2,1-6H3,(H,31,32,34,35). The van der Waals surface area contributed by atoms with E-state index in [4.69, 9.17) is 9.72 Å². The summed E-state index contributed by atoms with van der Waals surface area (Å²) in [6.07, 6.45) is 7.65. The van der Waals surface area contributed by atoms with E-state index in [0.717, 1.165) is 16.8 Å². The van der Waals surface area contributed by atoms with Gasteiger partial charge in [0.15, 0.2) is 0 Å². The van der Waals surface area contributed by atoms with Gasteiger partial charge in [0.1, 0.15) is 11.4 Å². The third-order valence-electron chi connectivity index (χ3n) is 7.05. The van der Waals surface area contributed by atoms with Crippen LogP contribution in [0.2, 0.25) is 0 Å². The fourth-order valence-corrected chi connectivity index (χ4v) is 4.82. The number of nitrogens with zero attached hydrogens (tertiary/aromatic N) is 7. The van der Waals surface area contributed by atoms with Gasteiger partial charge in [-0.25, -0.2) is 24.3 Å². The SMILES string of the molecule is CC(C)c1cnn2ccc(-c3ccnc(Nc4ccc(N5CCC(N(C)C(=O)OC(C)(C)C)CC5=O)cn4)n3)cc12. The zero-order valence-corrected chi connectivity index (χ0v) is 24.3. The van der Waals surface area contributed by atoms with Gasteiger partial charge in [-0.15, -0.1) is 0 Å². The van der Waals surface area contributed by atoms with Crippen LogP contribution in [0.5, 0.6) is 0 Å². The van der Waals surface area contributed by atoms with Gasteiger partial charge in [0.25, 0.3) is 0 Å². The van der Waals surface area contributed by atoms with Gasteiger partial charge in [0.05, 0.1) is 29.3 Å². The van der Waals surface area contributed by atoms with E-state index in [9.17, 15) is 9.59 Å². The number of hydrogen-bond acceptors (Lipinski definition) is 8. The van der Waals surface area contributed by atoms with E-state index in [-0.39, 0.29) is 18.4 Å². The Morgan fingerprint density at radius 3 is 2.63 bits per heavy atom. The van der Waals surface area contributed by atoms with Crippen molar-refractivity contribution in [2.24, 2.45) is 0 Å². The minimum Gasteiger partial charge on any atom is -0.444 e. The number of ether oxygens (including phenoxy) is 1. The van der Waals surface area contributed by atoms with Gasteiger partial charge in [-0.2, -0.15) is 5.10 Å². The maximum Gasteiger partial charge on any atom is 0.410 e. The maximum absolute atomic E-state index is 13.0. The summed E-state index contributed by atoms with van der Waals surface area (Å²) in [5, 5.41) is 7.60. The summed E-state index contributed by atoms with van der Waals surface area (Å²) in [6, 6.07) is 9.37. The van der Waals surface area contributed by atoms with Crippen LogP contribution in [0.1, 0.15) is 58.9 Å². The van der Waals surface area contributed by atoms with E-state index in [1.165, 1.54) is 10.5 Å². The van der Waals surface area contributed by atoms with Crippen molar-refractivity contribution in [3.63, 3.8) is 0 Å². The zero-order valence-electron chi connectivity index (χ0n) is 24.3. The second-order valence-electron chi connectivity index (χ2n) is 11.6. The molecule has 11 heteroatoms. The van der Waals surface area contributed by atoms with Crippen LogP contribution in [0.4, 0.5) is 22.2 Å². The van der Waals surface area contributed by atoms with Crippen molar-refractivity contribution < 1.29 is 14.3 Å². The molecule has 0 aliphatic carbocycles. The first-order valence-corrected chi connectivity index (χ1v) is 13.8. The molecule has 1 unspecified atom stereocenters. The van der Waals surface area contributed by atoms with E-state index in [2.05, 4.69) is 40.3 Å². The Balaban J connectivity index is 1.24. The number of nitrogens with one attached hydrogen (secondary N) is 1. The Kier molecular flexibility index (Phi) is 7.61. The Morgan fingerprint density at radius 1 is 1.15 bits per heavy atom. The number of carbonyl (C=O) groups is 2. The molecule has 1 aliphatic heterocycles. The van der Waals surface area contributed by atoms with Crippen LogP contribution in [-0.2, 0) is 9.53 Å². The maximum atomic E-state index is 13.0. The molecule has 0 aromatic carbocycles. The van der Waals surface area contributed by atoms with Crippen LogP contribution >= 0.6 is 0 Å². The Bertz CT molecular complexity index is 1560. The first kappa shape index (κ1) is 28.0. The fourth-order valence-electron chi connectivity index (χ4n) is 4.82. The molecule has 11 nitrogen and oxygen atoms in total. The van der Waals surface area contributed by atoms with Crippen LogP contribution < -0.4 is 10.2 Å². The van der Waals surface area contributed by atoms with Crippen molar-refractivity contribution in [1.82, 2.24) is 29.5 Å². The summed E-state index contributed by atoms with van der Waals surface area (Å²) >= 11 is 0. The number of rotatable bonds is 6. The molecule has 0 spiro atoms. The van der Waals surface area contributed by atoms with Crippen LogP contribution in [0.25, 0.3) is 16.8 Å². The minimum atomic E-state index is -0.587. The fraction of sp³-hybridized carbons (Fsp3) is 0.400. The first-order chi connectivity index (χ1) is 19.5. The molecule has 4 aromatic heterocycles. The number of pyridine rings is 2. The first-order valence-electron chi connectivity index (χ1n) is 13.8. The molecule has 1 saturated heterocycles. The van der Waals surface area contributed by atoms with Gasteiger partial charge < -0.3 is 19.9 Å². The number of carbonyl (C=O) groups excluding carboxylic acids is 2. The molecule has 214 valence electrons. The average Bonchev–Trinajstić information content (AvgIpc) is 3.36. The van der Waals surface area contributed by atoms with Gasteiger partial charge in [-0.3, -0.25) is 4.79 Å². The summed E-state index contributed by atoms with van der Waals surface area (Å²) in [5.41, 5.74) is 4.09. The van der Waals surface area contributed by atoms with Gasteiger partial charge >= 0.3 is 6.09 Å². The van der Waals surface area contributed by atoms with Crippen LogP contribution in [0.15, 0.2) is 55.1 Å². The highest BCUT2D eigenvalue weighted by Gasteiger charge is 2.33. The summed E-state index contributed by atoms with van der Waals surface area (Å²) in [5.74, 6) is 1.28. The van der Waals surface area contributed by atoms with Crippen molar-refractivity contribution in [1.29, 1.82) is 0 Å². The molecule has 2 amide bonds. The summed E-state index contributed by atoms with van der Waals surface area (Å²) in [6.45, 7) is 10.3. The number of hydrogen-bond donors (Lipinski definition) is 1. The summed E-state index contributed by atoms with van der Waals surface area (Å²) in [4.78, 5) is 42.2. The lowest BCUT2D eigenvalue weighted by Gasteiger charge is -2.36. The summed E-state index contributed by atoms with van der Waals surface area (Å²) in [7, 11) is 1.68. The lowest BCUT2D eigenvalue weighted by Crippen LogP contribution is -2.49. The van der Waals surface area contributed by atoms with Gasteiger partial charge in [-0.05, 0) is 63.4 Å². The molecule has 5 heterocycles. The van der Waals surface area contributed by atoms with E-state index >= 15 is 0 Å². The predicted octanol–water partition coefficient (Wildman–Crippen LogP) is 5.42. The molecule has 5 rings (SSSR count). The lowest BCUT2D eigenvalue weighted by molar-refractivity contribution is -0.120. The topological polar surface area (TPSA) is 118 Å². The molecule has 1 N–H and O–H groups in total. The molecule has 1 aliphatic rings. The molecule has 41 heavy (non-hydrogen) atoms. The third-order valence-corrected chi connectivity index (χ3v) is 7.05. The predicted molar refractivity (Wildman–Crippen MR) is 157 cm³/mol. The Morgan fingerprint density at radius 2 is 1.95 bits per heavy atom. The molecule has 1 fully saturated rings. The zero-order chi connectivity index (χ0) is 29.3. The minimum absolute atomic E-state index is 0.0639. The monoisotopic (exact) mass is 556 g/mol. The lowest BCUT2D eigenvalue weighted by atomic mass is 10.0. The number of anilines is 3. The van der Waals surface area contributed by atoms with E-state index < -0.39 is 11.7 Å². The third kappa shape index (κ3) is 6.29. The highest BCUT2D eigenvalue weighted by molar-refractivity contribution is 5.94. The van der Waals surface area contributed by atoms with Crippen LogP contribution in [0.3, 0.4) is 0 Å². The van der Waals surface area contributed by atoms with Crippen molar-refractivity contribution in [3.8, 4) is 11.3 Å². The molecule has 4 aromatic rings. The van der Waals surface area contributed by atoms with Gasteiger partial charge in [-0.1, -0.05) is 13.8 Å². The molecule has 0 bridgehead atoms. The summed E-state index contributed by atoms with van der Waals surface area (Å²) < 4.78 is 7.32. The number of piperidine rings is 1. The second-order valence-corrected chi connectivity index (χ2v) is 11.6. The van der Waals surface area contributed by atoms with E-state index in [1.807, 2.05) is 55.9 Å². The number of aromatic nitrogens is 5. The van der Waals surface area contributed by atoms with Crippen molar-refractivity contribution in [2.45, 2.75) is 65.0 Å². The molecule has 0 radical (unpaired) electrons. The molecular weight excluding hydrogens is 520 g/mol. The van der Waals surface area contributed by atoms with Crippen LogP contribution in [-0.4, -0.2) is 66.7 Å². The largest absolute Gasteiger partial charge is 0.444 e. The van der Waals surface area contributed by atoms with Crippen molar-refractivity contribution >= 4 is 35.0 Å². The van der Waals surface area contributed by atoms with Gasteiger partial charge in [0, 0.05) is 49.6 Å². The highest BCUT2D eigenvalue weighted by Crippen LogP contribution is 2.27. The van der Waals surface area contributed by atoms with Crippen LogP contribution in [0, 0.1) is 0 Å². The van der Waals surface area contributed by atoms with Gasteiger partial charge in [0.2, 0.25) is 11.9 Å². The molecule has 1 atom stereocenters. The van der Waals surface area contributed by atoms with Crippen molar-refractivity contribution in [3.05, 3.63) is 60.7 Å². The normalized spacial score (nSPS) is 15.8. The smallest absolute Gasteiger partial charge is 0.410 e. The van der Waals surface area contributed by atoms with E-state index in [0.29, 0.717) is 36.3 Å². The Labute approximate surface area is 239 Å². The molecule has 0 saturated carbocycles. The van der Waals surface area contributed by atoms with Crippen molar-refractivity contribution in [2.75, 3.05) is 23.8 Å².